The van der Waals surface area contributed by atoms with Crippen LogP contribution >= 0.6 is 12.4 Å². The van der Waals surface area contributed by atoms with E-state index in [1.807, 2.05) is 0 Å². The molecule has 1 amide bonds. The predicted octanol–water partition coefficient (Wildman–Crippen LogP) is 0.477. The van der Waals surface area contributed by atoms with Gasteiger partial charge in [-0.1, -0.05) is 0 Å². The number of halogens is 1. The van der Waals surface area contributed by atoms with Crippen LogP contribution in [0.1, 0.15) is 26.2 Å². The highest BCUT2D eigenvalue weighted by atomic mass is 35.5. The van der Waals surface area contributed by atoms with Crippen molar-refractivity contribution in [3.8, 4) is 0 Å². The molecule has 0 spiro atoms. The van der Waals surface area contributed by atoms with Gasteiger partial charge in [0.05, 0.1) is 6.61 Å². The first-order chi connectivity index (χ1) is 7.72. The van der Waals surface area contributed by atoms with Crippen LogP contribution in [0.5, 0.6) is 0 Å². The molecular formula is C11H21ClN2O3. The highest BCUT2D eigenvalue weighted by Gasteiger charge is 2.17. The van der Waals surface area contributed by atoms with Gasteiger partial charge >= 0.3 is 5.97 Å². The summed E-state index contributed by atoms with van der Waals surface area (Å²) >= 11 is 0. The average Bonchev–Trinajstić information content (AvgIpc) is 2.28. The van der Waals surface area contributed by atoms with Gasteiger partial charge in [-0.15, -0.1) is 12.4 Å². The summed E-state index contributed by atoms with van der Waals surface area (Å²) in [6.45, 7) is 4.04. The summed E-state index contributed by atoms with van der Waals surface area (Å²) in [5.74, 6) is 0.0181. The van der Waals surface area contributed by atoms with Crippen molar-refractivity contribution in [2.75, 3.05) is 26.2 Å². The fourth-order valence-electron chi connectivity index (χ4n) is 1.80. The average molecular weight is 265 g/mol. The number of piperidine rings is 1. The number of carbonyl (C=O) groups excluding carboxylic acids is 2. The molecule has 1 rings (SSSR count). The first-order valence-electron chi connectivity index (χ1n) is 5.85. The smallest absolute Gasteiger partial charge is 0.325 e. The van der Waals surface area contributed by atoms with Crippen LogP contribution in [0, 0.1) is 5.92 Å². The minimum Gasteiger partial charge on any atom is -0.465 e. The van der Waals surface area contributed by atoms with Crippen molar-refractivity contribution in [2.24, 2.45) is 5.92 Å². The first-order valence-corrected chi connectivity index (χ1v) is 5.85. The van der Waals surface area contributed by atoms with Crippen LogP contribution in [0.25, 0.3) is 0 Å². The van der Waals surface area contributed by atoms with E-state index in [-0.39, 0.29) is 30.8 Å². The van der Waals surface area contributed by atoms with Gasteiger partial charge < -0.3 is 15.4 Å². The number of rotatable bonds is 5. The summed E-state index contributed by atoms with van der Waals surface area (Å²) < 4.78 is 4.72. The van der Waals surface area contributed by atoms with Crippen LogP contribution in [0.15, 0.2) is 0 Å². The molecular weight excluding hydrogens is 244 g/mol. The Hall–Kier alpha value is -0.810. The lowest BCUT2D eigenvalue weighted by atomic mass is 9.94. The van der Waals surface area contributed by atoms with Crippen LogP contribution in [-0.2, 0) is 14.3 Å². The van der Waals surface area contributed by atoms with Gasteiger partial charge in [0.25, 0.3) is 0 Å². The van der Waals surface area contributed by atoms with Crippen molar-refractivity contribution < 1.29 is 14.3 Å². The maximum Gasteiger partial charge on any atom is 0.325 e. The van der Waals surface area contributed by atoms with Crippen LogP contribution in [0.2, 0.25) is 0 Å². The fourth-order valence-corrected chi connectivity index (χ4v) is 1.80. The molecule has 1 saturated heterocycles. The number of hydrogen-bond donors (Lipinski definition) is 2. The van der Waals surface area contributed by atoms with Gasteiger partial charge in [-0.3, -0.25) is 9.59 Å². The highest BCUT2D eigenvalue weighted by Crippen LogP contribution is 2.15. The Balaban J connectivity index is 0.00000256. The van der Waals surface area contributed by atoms with Gasteiger partial charge in [-0.25, -0.2) is 0 Å². The van der Waals surface area contributed by atoms with Gasteiger partial charge in [0.2, 0.25) is 5.91 Å². The summed E-state index contributed by atoms with van der Waals surface area (Å²) in [6.07, 6.45) is 2.58. The number of amides is 1. The van der Waals surface area contributed by atoms with Crippen molar-refractivity contribution in [3.05, 3.63) is 0 Å². The lowest BCUT2D eigenvalue weighted by Gasteiger charge is -2.21. The molecule has 0 bridgehead atoms. The van der Waals surface area contributed by atoms with E-state index in [0.29, 0.717) is 18.9 Å². The molecule has 17 heavy (non-hydrogen) atoms. The highest BCUT2D eigenvalue weighted by molar-refractivity contribution is 5.85. The van der Waals surface area contributed by atoms with E-state index >= 15 is 0 Å². The van der Waals surface area contributed by atoms with Gasteiger partial charge in [0.1, 0.15) is 6.54 Å². The molecule has 1 fully saturated rings. The zero-order valence-corrected chi connectivity index (χ0v) is 11.0. The van der Waals surface area contributed by atoms with Crippen LogP contribution < -0.4 is 10.6 Å². The number of hydrogen-bond acceptors (Lipinski definition) is 4. The van der Waals surface area contributed by atoms with Crippen molar-refractivity contribution in [1.82, 2.24) is 10.6 Å². The Kier molecular flexibility index (Phi) is 8.80. The molecule has 5 nitrogen and oxygen atoms in total. The molecule has 1 aliphatic heterocycles. The van der Waals surface area contributed by atoms with Crippen molar-refractivity contribution in [1.29, 1.82) is 0 Å². The Labute approximate surface area is 108 Å². The van der Waals surface area contributed by atoms with Crippen molar-refractivity contribution in [2.45, 2.75) is 26.2 Å². The van der Waals surface area contributed by atoms with E-state index in [1.54, 1.807) is 6.92 Å². The minimum atomic E-state index is -0.374. The molecule has 0 atom stereocenters. The first kappa shape index (κ1) is 16.2. The molecule has 0 aliphatic carbocycles. The molecule has 2 N–H and O–H groups in total. The standard InChI is InChI=1S/C11H20N2O3.ClH/c1-2-16-11(15)8-13-10(14)7-9-3-5-12-6-4-9;/h9,12H,2-8H2,1H3,(H,13,14);1H. The third-order valence-corrected chi connectivity index (χ3v) is 2.67. The van der Waals surface area contributed by atoms with E-state index in [4.69, 9.17) is 4.74 Å². The molecule has 1 heterocycles. The Bertz CT molecular complexity index is 243. The number of esters is 1. The molecule has 0 saturated carbocycles. The van der Waals surface area contributed by atoms with Crippen LogP contribution in [0.4, 0.5) is 0 Å². The summed E-state index contributed by atoms with van der Waals surface area (Å²) in [5.41, 5.74) is 0. The number of ether oxygens (including phenoxy) is 1. The normalized spacial score (nSPS) is 15.8. The van der Waals surface area contributed by atoms with Gasteiger partial charge in [-0.05, 0) is 38.8 Å². The second-order valence-electron chi connectivity index (χ2n) is 3.98. The van der Waals surface area contributed by atoms with E-state index in [9.17, 15) is 9.59 Å². The summed E-state index contributed by atoms with van der Waals surface area (Å²) in [5, 5.41) is 5.83. The molecule has 0 radical (unpaired) electrons. The topological polar surface area (TPSA) is 67.4 Å². The Morgan fingerprint density at radius 3 is 2.59 bits per heavy atom. The number of nitrogens with one attached hydrogen (secondary N) is 2. The largest absolute Gasteiger partial charge is 0.465 e. The molecule has 100 valence electrons. The van der Waals surface area contributed by atoms with Gasteiger partial charge in [-0.2, -0.15) is 0 Å². The predicted molar refractivity (Wildman–Crippen MR) is 67.1 cm³/mol. The van der Waals surface area contributed by atoms with E-state index in [2.05, 4.69) is 10.6 Å². The summed E-state index contributed by atoms with van der Waals surface area (Å²) in [4.78, 5) is 22.5. The van der Waals surface area contributed by atoms with Crippen molar-refractivity contribution in [3.63, 3.8) is 0 Å². The number of carbonyl (C=O) groups is 2. The van der Waals surface area contributed by atoms with E-state index in [0.717, 1.165) is 25.9 Å². The Morgan fingerprint density at radius 2 is 2.00 bits per heavy atom. The van der Waals surface area contributed by atoms with E-state index < -0.39 is 0 Å². The molecule has 0 aromatic heterocycles. The lowest BCUT2D eigenvalue weighted by molar-refractivity contribution is -0.143. The second-order valence-corrected chi connectivity index (χ2v) is 3.98. The fraction of sp³-hybridized carbons (Fsp3) is 0.818. The molecule has 0 unspecified atom stereocenters. The SMILES string of the molecule is CCOC(=O)CNC(=O)CC1CCNCC1.Cl. The van der Waals surface area contributed by atoms with E-state index in [1.165, 1.54) is 0 Å². The minimum absolute atomic E-state index is 0. The molecule has 0 aromatic rings. The third-order valence-electron chi connectivity index (χ3n) is 2.67. The van der Waals surface area contributed by atoms with Crippen LogP contribution in [0.3, 0.4) is 0 Å². The van der Waals surface area contributed by atoms with Crippen molar-refractivity contribution >= 4 is 24.3 Å². The molecule has 1 aliphatic rings. The molecule has 6 heteroatoms. The third kappa shape index (κ3) is 7.18. The zero-order chi connectivity index (χ0) is 11.8. The van der Waals surface area contributed by atoms with Crippen LogP contribution in [-0.4, -0.2) is 38.1 Å². The summed E-state index contributed by atoms with van der Waals surface area (Å²) in [7, 11) is 0. The quantitative estimate of drug-likeness (QED) is 0.709. The van der Waals surface area contributed by atoms with Gasteiger partial charge in [0, 0.05) is 6.42 Å². The maximum absolute atomic E-state index is 11.5. The monoisotopic (exact) mass is 264 g/mol. The molecule has 0 aromatic carbocycles. The zero-order valence-electron chi connectivity index (χ0n) is 10.2. The second kappa shape index (κ2) is 9.24. The van der Waals surface area contributed by atoms with Gasteiger partial charge in [0.15, 0.2) is 0 Å². The lowest BCUT2D eigenvalue weighted by Crippen LogP contribution is -2.34. The summed E-state index contributed by atoms with van der Waals surface area (Å²) in [6, 6.07) is 0. The maximum atomic E-state index is 11.5. The Morgan fingerprint density at radius 1 is 1.35 bits per heavy atom.